The van der Waals surface area contributed by atoms with Gasteiger partial charge in [-0.1, -0.05) is 27.7 Å². The molecule has 0 spiro atoms. The molecule has 78 valence electrons. The van der Waals surface area contributed by atoms with E-state index in [9.17, 15) is 0 Å². The molecule has 0 amide bonds. The van der Waals surface area contributed by atoms with Crippen LogP contribution in [0, 0.1) is 13.8 Å². The first-order valence-corrected chi connectivity index (χ1v) is 5.33. The van der Waals surface area contributed by atoms with Crippen LogP contribution in [0.25, 0.3) is 0 Å². The molecular weight excluding hydrogens is 170 g/mol. The molecule has 1 aromatic heterocycles. The van der Waals surface area contributed by atoms with E-state index in [-0.39, 0.29) is 5.41 Å². The van der Waals surface area contributed by atoms with E-state index in [1.807, 2.05) is 6.20 Å². The van der Waals surface area contributed by atoms with Crippen LogP contribution in [0.3, 0.4) is 0 Å². The van der Waals surface area contributed by atoms with E-state index in [0.29, 0.717) is 0 Å². The standard InChI is InChI=1S/C13H21N/c1-7-12-10(3)9(2)11(8-14-12)13(4,5)6/h8H,7H2,1-6H3. The molecule has 0 saturated heterocycles. The summed E-state index contributed by atoms with van der Waals surface area (Å²) in [7, 11) is 0. The van der Waals surface area contributed by atoms with Crippen molar-refractivity contribution in [3.8, 4) is 0 Å². The van der Waals surface area contributed by atoms with Gasteiger partial charge in [-0.15, -0.1) is 0 Å². The summed E-state index contributed by atoms with van der Waals surface area (Å²) < 4.78 is 0. The minimum atomic E-state index is 0.202. The number of hydrogen-bond acceptors (Lipinski definition) is 1. The minimum absolute atomic E-state index is 0.202. The van der Waals surface area contributed by atoms with Gasteiger partial charge in [0.05, 0.1) is 0 Å². The fourth-order valence-corrected chi connectivity index (χ4v) is 1.87. The van der Waals surface area contributed by atoms with Crippen LogP contribution in [0.15, 0.2) is 6.20 Å². The van der Waals surface area contributed by atoms with Gasteiger partial charge in [0.1, 0.15) is 0 Å². The molecule has 0 aromatic carbocycles. The average Bonchev–Trinajstić information content (AvgIpc) is 2.07. The second-order valence-corrected chi connectivity index (χ2v) is 4.97. The molecule has 0 aliphatic heterocycles. The van der Waals surface area contributed by atoms with Gasteiger partial charge in [-0.2, -0.15) is 0 Å². The maximum absolute atomic E-state index is 4.52. The lowest BCUT2D eigenvalue weighted by atomic mass is 9.83. The number of pyridine rings is 1. The lowest BCUT2D eigenvalue weighted by Gasteiger charge is -2.23. The SMILES string of the molecule is CCc1ncc(C(C)(C)C)c(C)c1C. The Kier molecular flexibility index (Phi) is 2.98. The molecule has 1 rings (SSSR count). The second kappa shape index (κ2) is 3.72. The second-order valence-electron chi connectivity index (χ2n) is 4.97. The fraction of sp³-hybridized carbons (Fsp3) is 0.615. The van der Waals surface area contributed by atoms with Crippen LogP contribution >= 0.6 is 0 Å². The number of rotatable bonds is 1. The minimum Gasteiger partial charge on any atom is -0.261 e. The van der Waals surface area contributed by atoms with Gasteiger partial charge in [-0.25, -0.2) is 0 Å². The van der Waals surface area contributed by atoms with Crippen molar-refractivity contribution in [1.29, 1.82) is 0 Å². The van der Waals surface area contributed by atoms with Crippen molar-refractivity contribution in [3.63, 3.8) is 0 Å². The van der Waals surface area contributed by atoms with Crippen LogP contribution in [0.2, 0.25) is 0 Å². The molecule has 0 saturated carbocycles. The molecule has 0 N–H and O–H groups in total. The molecular formula is C13H21N. The molecule has 14 heavy (non-hydrogen) atoms. The summed E-state index contributed by atoms with van der Waals surface area (Å²) in [5.74, 6) is 0. The van der Waals surface area contributed by atoms with E-state index in [1.165, 1.54) is 22.4 Å². The lowest BCUT2D eigenvalue weighted by Crippen LogP contribution is -2.15. The van der Waals surface area contributed by atoms with Gasteiger partial charge in [0.25, 0.3) is 0 Å². The Bertz CT molecular complexity index is 332. The van der Waals surface area contributed by atoms with Crippen molar-refractivity contribution in [2.45, 2.75) is 53.4 Å². The molecule has 0 fully saturated rings. The Morgan fingerprint density at radius 2 is 1.71 bits per heavy atom. The Morgan fingerprint density at radius 3 is 2.14 bits per heavy atom. The van der Waals surface area contributed by atoms with E-state index < -0.39 is 0 Å². The molecule has 1 heteroatoms. The summed E-state index contributed by atoms with van der Waals surface area (Å²) in [6.07, 6.45) is 3.07. The summed E-state index contributed by atoms with van der Waals surface area (Å²) >= 11 is 0. The fourth-order valence-electron chi connectivity index (χ4n) is 1.87. The molecule has 1 aromatic rings. The summed E-state index contributed by atoms with van der Waals surface area (Å²) in [6.45, 7) is 13.3. The van der Waals surface area contributed by atoms with Crippen molar-refractivity contribution in [1.82, 2.24) is 4.98 Å². The average molecular weight is 191 g/mol. The molecule has 1 heterocycles. The van der Waals surface area contributed by atoms with Gasteiger partial charge in [0.15, 0.2) is 0 Å². The van der Waals surface area contributed by atoms with Crippen LogP contribution in [0.4, 0.5) is 0 Å². The molecule has 0 unspecified atom stereocenters. The first-order chi connectivity index (χ1) is 6.38. The summed E-state index contributed by atoms with van der Waals surface area (Å²) in [5.41, 5.74) is 5.57. The maximum Gasteiger partial charge on any atom is 0.0432 e. The molecule has 0 atom stereocenters. The monoisotopic (exact) mass is 191 g/mol. The maximum atomic E-state index is 4.52. The topological polar surface area (TPSA) is 12.9 Å². The Hall–Kier alpha value is -0.850. The number of nitrogens with zero attached hydrogens (tertiary/aromatic N) is 1. The van der Waals surface area contributed by atoms with Crippen molar-refractivity contribution >= 4 is 0 Å². The van der Waals surface area contributed by atoms with E-state index in [2.05, 4.69) is 46.5 Å². The third kappa shape index (κ3) is 1.97. The lowest BCUT2D eigenvalue weighted by molar-refractivity contribution is 0.581. The third-order valence-corrected chi connectivity index (χ3v) is 2.89. The zero-order valence-corrected chi connectivity index (χ0v) is 10.2. The predicted molar refractivity (Wildman–Crippen MR) is 61.8 cm³/mol. The van der Waals surface area contributed by atoms with E-state index in [1.54, 1.807) is 0 Å². The molecule has 1 nitrogen and oxygen atoms in total. The smallest absolute Gasteiger partial charge is 0.0432 e. The summed E-state index contributed by atoms with van der Waals surface area (Å²) in [5, 5.41) is 0. The van der Waals surface area contributed by atoms with Crippen LogP contribution in [0.5, 0.6) is 0 Å². The summed E-state index contributed by atoms with van der Waals surface area (Å²) in [4.78, 5) is 4.52. The molecule has 0 bridgehead atoms. The van der Waals surface area contributed by atoms with Gasteiger partial charge < -0.3 is 0 Å². The van der Waals surface area contributed by atoms with Gasteiger partial charge in [0.2, 0.25) is 0 Å². The van der Waals surface area contributed by atoms with Crippen molar-refractivity contribution < 1.29 is 0 Å². The third-order valence-electron chi connectivity index (χ3n) is 2.89. The van der Waals surface area contributed by atoms with Gasteiger partial charge in [-0.05, 0) is 42.4 Å². The highest BCUT2D eigenvalue weighted by molar-refractivity contribution is 5.38. The highest BCUT2D eigenvalue weighted by Gasteiger charge is 2.18. The number of aryl methyl sites for hydroxylation is 1. The zero-order chi connectivity index (χ0) is 10.9. The number of hydrogen-bond donors (Lipinski definition) is 0. The van der Waals surface area contributed by atoms with Crippen LogP contribution in [-0.4, -0.2) is 4.98 Å². The van der Waals surface area contributed by atoms with Gasteiger partial charge >= 0.3 is 0 Å². The van der Waals surface area contributed by atoms with Crippen LogP contribution < -0.4 is 0 Å². The van der Waals surface area contributed by atoms with Crippen molar-refractivity contribution in [2.24, 2.45) is 0 Å². The van der Waals surface area contributed by atoms with E-state index >= 15 is 0 Å². The molecule has 0 aliphatic rings. The van der Waals surface area contributed by atoms with Crippen molar-refractivity contribution in [3.05, 3.63) is 28.6 Å². The van der Waals surface area contributed by atoms with Crippen molar-refractivity contribution in [2.75, 3.05) is 0 Å². The largest absolute Gasteiger partial charge is 0.261 e. The molecule has 0 radical (unpaired) electrons. The Labute approximate surface area is 87.6 Å². The van der Waals surface area contributed by atoms with Gasteiger partial charge in [0, 0.05) is 11.9 Å². The van der Waals surface area contributed by atoms with Crippen LogP contribution in [-0.2, 0) is 11.8 Å². The predicted octanol–water partition coefficient (Wildman–Crippen LogP) is 3.56. The first kappa shape index (κ1) is 11.2. The van der Waals surface area contributed by atoms with E-state index in [4.69, 9.17) is 0 Å². The van der Waals surface area contributed by atoms with Crippen LogP contribution in [0.1, 0.15) is 50.1 Å². The highest BCUT2D eigenvalue weighted by atomic mass is 14.7. The first-order valence-electron chi connectivity index (χ1n) is 5.33. The summed E-state index contributed by atoms with van der Waals surface area (Å²) in [6, 6.07) is 0. The Balaban J connectivity index is 3.31. The zero-order valence-electron chi connectivity index (χ0n) is 10.2. The highest BCUT2D eigenvalue weighted by Crippen LogP contribution is 2.27. The van der Waals surface area contributed by atoms with E-state index in [0.717, 1.165) is 6.42 Å². The van der Waals surface area contributed by atoms with Gasteiger partial charge in [-0.3, -0.25) is 4.98 Å². The quantitative estimate of drug-likeness (QED) is 0.661. The normalized spacial score (nSPS) is 11.9. The number of aromatic nitrogens is 1. The Morgan fingerprint density at radius 1 is 1.14 bits per heavy atom. The molecule has 0 aliphatic carbocycles.